The van der Waals surface area contributed by atoms with Gasteiger partial charge in [0.25, 0.3) is 0 Å². The Bertz CT molecular complexity index is 635. The van der Waals surface area contributed by atoms with Crippen molar-refractivity contribution in [2.24, 2.45) is 5.92 Å². The number of piperidine rings is 1. The molecule has 2 heterocycles. The van der Waals surface area contributed by atoms with Gasteiger partial charge >= 0.3 is 0 Å². The van der Waals surface area contributed by atoms with Crippen molar-refractivity contribution >= 4 is 11.5 Å². The molecule has 28 heavy (non-hydrogen) atoms. The molecule has 156 valence electrons. The highest BCUT2D eigenvalue weighted by Crippen LogP contribution is 2.27. The molecule has 0 radical (unpaired) electrons. The third-order valence-electron chi connectivity index (χ3n) is 6.46. The maximum absolute atomic E-state index is 11.3. The minimum Gasteiger partial charge on any atom is -0.369 e. The molecule has 0 aromatic heterocycles. The van der Waals surface area contributed by atoms with Gasteiger partial charge in [0.15, 0.2) is 0 Å². The van der Waals surface area contributed by atoms with E-state index in [0.29, 0.717) is 12.3 Å². The van der Waals surface area contributed by atoms with Gasteiger partial charge in [0.05, 0.1) is 6.54 Å². The number of carbonyl (C=O) groups is 1. The molecular formula is C24H39N3O. The summed E-state index contributed by atoms with van der Waals surface area (Å²) in [5.74, 6) is 1.13. The summed E-state index contributed by atoms with van der Waals surface area (Å²) in [7, 11) is 0. The first-order valence-electron chi connectivity index (χ1n) is 11.1. The molecule has 0 bridgehead atoms. The van der Waals surface area contributed by atoms with Crippen LogP contribution in [0.4, 0.5) is 5.69 Å². The highest BCUT2D eigenvalue weighted by atomic mass is 16.1. The Labute approximate surface area is 171 Å². The number of carbonyl (C=O) groups excluding carboxylic acids is 1. The predicted molar refractivity (Wildman–Crippen MR) is 118 cm³/mol. The van der Waals surface area contributed by atoms with Crippen molar-refractivity contribution in [2.45, 2.75) is 52.4 Å². The van der Waals surface area contributed by atoms with E-state index in [4.69, 9.17) is 0 Å². The average Bonchev–Trinajstić information content (AvgIpc) is 2.67. The number of likely N-dealkylation sites (tertiary alicyclic amines) is 1. The molecular weight excluding hydrogens is 346 g/mol. The Kier molecular flexibility index (Phi) is 7.16. The zero-order chi connectivity index (χ0) is 20.1. The molecule has 0 saturated carbocycles. The van der Waals surface area contributed by atoms with Crippen LogP contribution in [0.15, 0.2) is 24.3 Å². The van der Waals surface area contributed by atoms with E-state index in [0.717, 1.165) is 32.1 Å². The lowest BCUT2D eigenvalue weighted by molar-refractivity contribution is -0.118. The molecule has 4 heteroatoms. The van der Waals surface area contributed by atoms with Crippen LogP contribution in [0.1, 0.15) is 52.5 Å². The van der Waals surface area contributed by atoms with Crippen molar-refractivity contribution in [3.8, 4) is 0 Å². The molecule has 0 spiro atoms. The Morgan fingerprint density at radius 2 is 1.68 bits per heavy atom. The molecule has 1 aromatic carbocycles. The van der Waals surface area contributed by atoms with Gasteiger partial charge in [0.1, 0.15) is 5.78 Å². The Balaban J connectivity index is 1.40. The molecule has 2 saturated heterocycles. The maximum Gasteiger partial charge on any atom is 0.143 e. The first kappa shape index (κ1) is 21.3. The number of piperazine rings is 1. The van der Waals surface area contributed by atoms with E-state index in [9.17, 15) is 4.79 Å². The molecule has 2 aliphatic rings. The lowest BCUT2D eigenvalue weighted by Crippen LogP contribution is -2.47. The van der Waals surface area contributed by atoms with Crippen LogP contribution in [0.3, 0.4) is 0 Å². The van der Waals surface area contributed by atoms with Crippen molar-refractivity contribution in [1.29, 1.82) is 0 Å². The van der Waals surface area contributed by atoms with E-state index in [-0.39, 0.29) is 5.41 Å². The lowest BCUT2D eigenvalue weighted by Gasteiger charge is -2.38. The number of benzene rings is 1. The summed E-state index contributed by atoms with van der Waals surface area (Å²) in [5, 5.41) is 0. The normalized spacial score (nSPS) is 20.5. The monoisotopic (exact) mass is 385 g/mol. The Morgan fingerprint density at radius 1 is 1.00 bits per heavy atom. The molecule has 0 aliphatic carbocycles. The van der Waals surface area contributed by atoms with Crippen LogP contribution in [0.2, 0.25) is 0 Å². The van der Waals surface area contributed by atoms with E-state index in [1.165, 1.54) is 50.1 Å². The molecule has 4 nitrogen and oxygen atoms in total. The standard InChI is InChI=1S/C24H39N3O/c1-20(28)19-26-12-9-21(10-13-26)8-11-25-14-16-27(17-15-25)23-7-5-6-22(18-23)24(2,3)4/h5-7,18,21H,8-17,19H2,1-4H3. The van der Waals surface area contributed by atoms with Gasteiger partial charge < -0.3 is 4.90 Å². The van der Waals surface area contributed by atoms with E-state index in [1.807, 2.05) is 0 Å². The fraction of sp³-hybridized carbons (Fsp3) is 0.708. The largest absolute Gasteiger partial charge is 0.369 e. The quantitative estimate of drug-likeness (QED) is 0.744. The summed E-state index contributed by atoms with van der Waals surface area (Å²) in [4.78, 5) is 18.8. The minimum atomic E-state index is 0.206. The van der Waals surface area contributed by atoms with Crippen LogP contribution >= 0.6 is 0 Å². The van der Waals surface area contributed by atoms with E-state index >= 15 is 0 Å². The van der Waals surface area contributed by atoms with Gasteiger partial charge in [-0.1, -0.05) is 32.9 Å². The first-order valence-corrected chi connectivity index (χ1v) is 11.1. The second-order valence-electron chi connectivity index (χ2n) is 9.84. The number of nitrogens with zero attached hydrogens (tertiary/aromatic N) is 3. The average molecular weight is 386 g/mol. The fourth-order valence-corrected chi connectivity index (χ4v) is 4.51. The van der Waals surface area contributed by atoms with Crippen molar-refractivity contribution in [1.82, 2.24) is 9.80 Å². The van der Waals surface area contributed by atoms with Crippen LogP contribution in [0.5, 0.6) is 0 Å². The van der Waals surface area contributed by atoms with Gasteiger partial charge in [0, 0.05) is 31.9 Å². The summed E-state index contributed by atoms with van der Waals surface area (Å²) in [6.07, 6.45) is 3.83. The lowest BCUT2D eigenvalue weighted by atomic mass is 9.87. The van der Waals surface area contributed by atoms with Crippen molar-refractivity contribution < 1.29 is 4.79 Å². The summed E-state index contributed by atoms with van der Waals surface area (Å²) in [6, 6.07) is 9.10. The topological polar surface area (TPSA) is 26.8 Å². The summed E-state index contributed by atoms with van der Waals surface area (Å²) in [6.45, 7) is 17.2. The van der Waals surface area contributed by atoms with E-state index < -0.39 is 0 Å². The number of Topliss-reactive ketones (excluding diaryl/α,β-unsaturated/α-hetero) is 1. The van der Waals surface area contributed by atoms with Gasteiger partial charge in [-0.3, -0.25) is 14.6 Å². The van der Waals surface area contributed by atoms with Crippen LogP contribution in [0.25, 0.3) is 0 Å². The minimum absolute atomic E-state index is 0.206. The molecule has 2 aliphatic heterocycles. The summed E-state index contributed by atoms with van der Waals surface area (Å²) in [5.41, 5.74) is 3.01. The fourth-order valence-electron chi connectivity index (χ4n) is 4.51. The van der Waals surface area contributed by atoms with Gasteiger partial charge in [0.2, 0.25) is 0 Å². The van der Waals surface area contributed by atoms with E-state index in [2.05, 4.69) is 59.7 Å². The zero-order valence-electron chi connectivity index (χ0n) is 18.4. The molecule has 0 amide bonds. The number of rotatable bonds is 6. The van der Waals surface area contributed by atoms with Gasteiger partial charge in [-0.25, -0.2) is 0 Å². The number of ketones is 1. The third kappa shape index (κ3) is 6.05. The molecule has 0 unspecified atom stereocenters. The molecule has 0 N–H and O–H groups in total. The Hall–Kier alpha value is -1.39. The predicted octanol–water partition coefficient (Wildman–Crippen LogP) is 3.80. The molecule has 1 aromatic rings. The highest BCUT2D eigenvalue weighted by molar-refractivity contribution is 5.77. The SMILES string of the molecule is CC(=O)CN1CCC(CCN2CCN(c3cccc(C(C)(C)C)c3)CC2)CC1. The molecule has 2 fully saturated rings. The first-order chi connectivity index (χ1) is 13.3. The smallest absolute Gasteiger partial charge is 0.143 e. The third-order valence-corrected chi connectivity index (χ3v) is 6.46. The second-order valence-corrected chi connectivity index (χ2v) is 9.84. The van der Waals surface area contributed by atoms with Crippen LogP contribution in [0, 0.1) is 5.92 Å². The van der Waals surface area contributed by atoms with Crippen molar-refractivity contribution in [3.05, 3.63) is 29.8 Å². The zero-order valence-corrected chi connectivity index (χ0v) is 18.4. The van der Waals surface area contributed by atoms with Gasteiger partial charge in [-0.15, -0.1) is 0 Å². The summed E-state index contributed by atoms with van der Waals surface area (Å²) >= 11 is 0. The van der Waals surface area contributed by atoms with Crippen LogP contribution < -0.4 is 4.90 Å². The second kappa shape index (κ2) is 9.41. The van der Waals surface area contributed by atoms with Crippen molar-refractivity contribution in [3.63, 3.8) is 0 Å². The number of hydrogen-bond acceptors (Lipinski definition) is 4. The van der Waals surface area contributed by atoms with E-state index in [1.54, 1.807) is 6.92 Å². The Morgan fingerprint density at radius 3 is 2.29 bits per heavy atom. The maximum atomic E-state index is 11.3. The number of anilines is 1. The molecule has 0 atom stereocenters. The van der Waals surface area contributed by atoms with Gasteiger partial charge in [-0.2, -0.15) is 0 Å². The van der Waals surface area contributed by atoms with Crippen LogP contribution in [-0.2, 0) is 10.2 Å². The van der Waals surface area contributed by atoms with Crippen LogP contribution in [-0.4, -0.2) is 67.9 Å². The van der Waals surface area contributed by atoms with Gasteiger partial charge in [-0.05, 0) is 74.8 Å². The summed E-state index contributed by atoms with van der Waals surface area (Å²) < 4.78 is 0. The highest BCUT2D eigenvalue weighted by Gasteiger charge is 2.23. The molecule has 3 rings (SSSR count). The van der Waals surface area contributed by atoms with Crippen molar-refractivity contribution in [2.75, 3.05) is 57.3 Å². The number of hydrogen-bond donors (Lipinski definition) is 0.